The number of aryl methyl sites for hydroxylation is 1. The van der Waals surface area contributed by atoms with Gasteiger partial charge < -0.3 is 16.4 Å². The zero-order chi connectivity index (χ0) is 19.7. The summed E-state index contributed by atoms with van der Waals surface area (Å²) in [6, 6.07) is 7.07. The third-order valence-electron chi connectivity index (χ3n) is 3.81. The first-order valence-corrected chi connectivity index (χ1v) is 8.44. The average Bonchev–Trinajstić information content (AvgIpc) is 2.98. The summed E-state index contributed by atoms with van der Waals surface area (Å²) >= 11 is 0. The molecule has 10 nitrogen and oxygen atoms in total. The standard InChI is InChI=1S/C18H17N9O/c1-10-22-14(7-15(19)23-10)17-18(26-16-4-3-5-21-27(16)17)25-13-6-12(8-20-9-13)24-11(2)28/h3-9,25H,1-2H3,(H,24,28)(H2,19,22,23). The maximum absolute atomic E-state index is 11.3. The maximum atomic E-state index is 11.3. The number of nitrogen functional groups attached to an aromatic ring is 1. The molecule has 0 bridgehead atoms. The fourth-order valence-corrected chi connectivity index (χ4v) is 2.83. The molecule has 0 aromatic carbocycles. The van der Waals surface area contributed by atoms with E-state index >= 15 is 0 Å². The van der Waals surface area contributed by atoms with Crippen molar-refractivity contribution in [3.8, 4) is 11.4 Å². The van der Waals surface area contributed by atoms with Gasteiger partial charge in [-0.15, -0.1) is 0 Å². The van der Waals surface area contributed by atoms with Crippen LogP contribution in [0.25, 0.3) is 17.0 Å². The van der Waals surface area contributed by atoms with Crippen molar-refractivity contribution in [2.75, 3.05) is 16.4 Å². The molecule has 4 rings (SSSR count). The summed E-state index contributed by atoms with van der Waals surface area (Å²) in [6.45, 7) is 3.21. The molecule has 140 valence electrons. The molecular formula is C18H17N9O. The molecule has 4 aromatic heterocycles. The van der Waals surface area contributed by atoms with Crippen LogP contribution in [0.15, 0.2) is 42.9 Å². The van der Waals surface area contributed by atoms with Crippen LogP contribution in [-0.2, 0) is 4.79 Å². The van der Waals surface area contributed by atoms with E-state index in [-0.39, 0.29) is 5.91 Å². The Hall–Kier alpha value is -4.08. The second-order valence-corrected chi connectivity index (χ2v) is 6.10. The van der Waals surface area contributed by atoms with E-state index in [9.17, 15) is 4.79 Å². The molecule has 0 atom stereocenters. The Bertz CT molecular complexity index is 1160. The molecule has 4 heterocycles. The smallest absolute Gasteiger partial charge is 0.221 e. The van der Waals surface area contributed by atoms with E-state index in [4.69, 9.17) is 5.73 Å². The number of hydrogen-bond donors (Lipinski definition) is 3. The quantitative estimate of drug-likeness (QED) is 0.494. The van der Waals surface area contributed by atoms with Crippen LogP contribution in [0, 0.1) is 6.92 Å². The van der Waals surface area contributed by atoms with Gasteiger partial charge in [-0.25, -0.2) is 19.5 Å². The highest BCUT2D eigenvalue weighted by Gasteiger charge is 2.18. The van der Waals surface area contributed by atoms with Crippen LogP contribution in [0.4, 0.5) is 23.0 Å². The van der Waals surface area contributed by atoms with Crippen LogP contribution >= 0.6 is 0 Å². The molecule has 0 unspecified atom stereocenters. The first-order chi connectivity index (χ1) is 13.5. The van der Waals surface area contributed by atoms with Crippen molar-refractivity contribution in [3.63, 3.8) is 0 Å². The lowest BCUT2D eigenvalue weighted by Crippen LogP contribution is -2.06. The molecule has 0 aliphatic carbocycles. The van der Waals surface area contributed by atoms with E-state index < -0.39 is 0 Å². The molecule has 1 amide bonds. The third kappa shape index (κ3) is 3.43. The first-order valence-electron chi connectivity index (χ1n) is 8.44. The number of anilines is 4. The average molecular weight is 375 g/mol. The molecule has 0 spiro atoms. The van der Waals surface area contributed by atoms with Crippen molar-refractivity contribution in [2.45, 2.75) is 13.8 Å². The topological polar surface area (TPSA) is 136 Å². The fraction of sp³-hybridized carbons (Fsp3) is 0.111. The van der Waals surface area contributed by atoms with Crippen LogP contribution in [0.2, 0.25) is 0 Å². The predicted molar refractivity (Wildman–Crippen MR) is 105 cm³/mol. The Kier molecular flexibility index (Phi) is 4.28. The van der Waals surface area contributed by atoms with Gasteiger partial charge in [-0.3, -0.25) is 9.78 Å². The Balaban J connectivity index is 1.82. The largest absolute Gasteiger partial charge is 0.384 e. The van der Waals surface area contributed by atoms with E-state index in [1.807, 2.05) is 6.07 Å². The van der Waals surface area contributed by atoms with E-state index in [0.717, 1.165) is 0 Å². The number of nitrogens with one attached hydrogen (secondary N) is 2. The monoisotopic (exact) mass is 375 g/mol. The summed E-state index contributed by atoms with van der Waals surface area (Å²) in [4.78, 5) is 28.7. The minimum Gasteiger partial charge on any atom is -0.384 e. The molecule has 0 aliphatic rings. The number of amides is 1. The summed E-state index contributed by atoms with van der Waals surface area (Å²) in [6.07, 6.45) is 4.86. The second-order valence-electron chi connectivity index (χ2n) is 6.10. The number of rotatable bonds is 4. The number of nitrogens with two attached hydrogens (primary N) is 1. The SMILES string of the molecule is CC(=O)Nc1cncc(Nc2nc3cccnn3c2-c2cc(N)nc(C)n2)c1. The zero-order valence-corrected chi connectivity index (χ0v) is 15.2. The fourth-order valence-electron chi connectivity index (χ4n) is 2.83. The van der Waals surface area contributed by atoms with Gasteiger partial charge in [0.15, 0.2) is 11.5 Å². The lowest BCUT2D eigenvalue weighted by atomic mass is 10.2. The number of hydrogen-bond acceptors (Lipinski definition) is 8. The van der Waals surface area contributed by atoms with Crippen molar-refractivity contribution in [1.29, 1.82) is 0 Å². The van der Waals surface area contributed by atoms with Crippen molar-refractivity contribution < 1.29 is 4.79 Å². The van der Waals surface area contributed by atoms with Gasteiger partial charge in [0.05, 0.1) is 29.5 Å². The number of carbonyl (C=O) groups is 1. The number of pyridine rings is 1. The number of nitrogens with zero attached hydrogens (tertiary/aromatic N) is 6. The molecule has 0 saturated carbocycles. The molecule has 4 aromatic rings. The van der Waals surface area contributed by atoms with Gasteiger partial charge in [0, 0.05) is 19.2 Å². The number of aromatic nitrogens is 6. The van der Waals surface area contributed by atoms with Crippen molar-refractivity contribution >= 4 is 34.6 Å². The van der Waals surface area contributed by atoms with Crippen molar-refractivity contribution in [3.05, 3.63) is 48.7 Å². The normalized spacial score (nSPS) is 10.8. The van der Waals surface area contributed by atoms with E-state index in [0.29, 0.717) is 45.9 Å². The Labute approximate surface area is 159 Å². The lowest BCUT2D eigenvalue weighted by Gasteiger charge is -2.09. The van der Waals surface area contributed by atoms with Crippen LogP contribution in [-0.4, -0.2) is 35.5 Å². The van der Waals surface area contributed by atoms with Gasteiger partial charge in [-0.05, 0) is 25.1 Å². The number of imidazole rings is 1. The first kappa shape index (κ1) is 17.3. The summed E-state index contributed by atoms with van der Waals surface area (Å²) in [5.74, 6) is 1.25. The van der Waals surface area contributed by atoms with Crippen LogP contribution in [0.3, 0.4) is 0 Å². The highest BCUT2D eigenvalue weighted by atomic mass is 16.1. The molecular weight excluding hydrogens is 358 g/mol. The minimum absolute atomic E-state index is 0.177. The Morgan fingerprint density at radius 3 is 2.75 bits per heavy atom. The molecule has 10 heteroatoms. The van der Waals surface area contributed by atoms with Gasteiger partial charge in [0.1, 0.15) is 17.3 Å². The highest BCUT2D eigenvalue weighted by molar-refractivity contribution is 5.89. The van der Waals surface area contributed by atoms with E-state index in [1.165, 1.54) is 6.92 Å². The van der Waals surface area contributed by atoms with E-state index in [1.54, 1.807) is 48.2 Å². The van der Waals surface area contributed by atoms with Crippen LogP contribution in [0.1, 0.15) is 12.7 Å². The highest BCUT2D eigenvalue weighted by Crippen LogP contribution is 2.30. The summed E-state index contributed by atoms with van der Waals surface area (Å²) in [7, 11) is 0. The molecule has 0 radical (unpaired) electrons. The Morgan fingerprint density at radius 1 is 1.14 bits per heavy atom. The predicted octanol–water partition coefficient (Wildman–Crippen LogP) is 2.17. The number of fused-ring (bicyclic) bond motifs is 1. The third-order valence-corrected chi connectivity index (χ3v) is 3.81. The summed E-state index contributed by atoms with van der Waals surface area (Å²) < 4.78 is 1.68. The molecule has 4 N–H and O–H groups in total. The lowest BCUT2D eigenvalue weighted by molar-refractivity contribution is -0.114. The summed E-state index contributed by atoms with van der Waals surface area (Å²) in [5, 5.41) is 10.3. The number of carbonyl (C=O) groups excluding carboxylic acids is 1. The van der Waals surface area contributed by atoms with Gasteiger partial charge in [-0.2, -0.15) is 5.10 Å². The van der Waals surface area contributed by atoms with Crippen LogP contribution < -0.4 is 16.4 Å². The summed E-state index contributed by atoms with van der Waals surface area (Å²) in [5.41, 5.74) is 8.99. The zero-order valence-electron chi connectivity index (χ0n) is 15.2. The van der Waals surface area contributed by atoms with Gasteiger partial charge >= 0.3 is 0 Å². The molecule has 0 saturated heterocycles. The van der Waals surface area contributed by atoms with E-state index in [2.05, 4.69) is 35.7 Å². The maximum Gasteiger partial charge on any atom is 0.221 e. The van der Waals surface area contributed by atoms with Crippen LogP contribution in [0.5, 0.6) is 0 Å². The minimum atomic E-state index is -0.177. The van der Waals surface area contributed by atoms with Crippen molar-refractivity contribution in [1.82, 2.24) is 29.5 Å². The van der Waals surface area contributed by atoms with Gasteiger partial charge in [0.2, 0.25) is 5.91 Å². The second kappa shape index (κ2) is 6.91. The molecule has 0 aliphatic heterocycles. The van der Waals surface area contributed by atoms with Crippen molar-refractivity contribution in [2.24, 2.45) is 0 Å². The molecule has 0 fully saturated rings. The van der Waals surface area contributed by atoms with Gasteiger partial charge in [-0.1, -0.05) is 0 Å². The Morgan fingerprint density at radius 2 is 1.96 bits per heavy atom. The molecule has 28 heavy (non-hydrogen) atoms. The van der Waals surface area contributed by atoms with Gasteiger partial charge in [0.25, 0.3) is 0 Å².